The molecule has 2 unspecified atom stereocenters. The summed E-state index contributed by atoms with van der Waals surface area (Å²) >= 11 is 0. The van der Waals surface area contributed by atoms with Gasteiger partial charge in [0.05, 0.1) is 30.9 Å². The minimum Gasteiger partial charge on any atom is -0.490 e. The molecule has 124 valence electrons. The van der Waals surface area contributed by atoms with Gasteiger partial charge in [-0.25, -0.2) is 0 Å². The SMILES string of the molecule is Cn1ccc2c(OC3CCN(C4COCC4O)CC3)cccc21. The van der Waals surface area contributed by atoms with E-state index in [1.165, 1.54) is 10.9 Å². The lowest BCUT2D eigenvalue weighted by Gasteiger charge is -2.36. The molecule has 0 saturated carbocycles. The molecule has 2 aliphatic rings. The molecule has 5 nitrogen and oxygen atoms in total. The lowest BCUT2D eigenvalue weighted by Crippen LogP contribution is -2.48. The van der Waals surface area contributed by atoms with Gasteiger partial charge < -0.3 is 19.1 Å². The lowest BCUT2D eigenvalue weighted by atomic mass is 10.0. The maximum absolute atomic E-state index is 9.96. The van der Waals surface area contributed by atoms with Gasteiger partial charge in [-0.05, 0) is 31.0 Å². The number of ether oxygens (including phenoxy) is 2. The highest BCUT2D eigenvalue weighted by molar-refractivity contribution is 5.86. The van der Waals surface area contributed by atoms with Crippen molar-refractivity contribution in [3.8, 4) is 5.75 Å². The van der Waals surface area contributed by atoms with Crippen LogP contribution in [0, 0.1) is 0 Å². The smallest absolute Gasteiger partial charge is 0.129 e. The van der Waals surface area contributed by atoms with Gasteiger partial charge in [0.1, 0.15) is 11.9 Å². The van der Waals surface area contributed by atoms with E-state index < -0.39 is 0 Å². The fourth-order valence-corrected chi connectivity index (χ4v) is 3.76. The second-order valence-corrected chi connectivity index (χ2v) is 6.64. The predicted octanol–water partition coefficient (Wildman–Crippen LogP) is 1.78. The number of benzene rings is 1. The van der Waals surface area contributed by atoms with Gasteiger partial charge in [-0.15, -0.1) is 0 Å². The van der Waals surface area contributed by atoms with Crippen molar-refractivity contribution in [1.82, 2.24) is 9.47 Å². The van der Waals surface area contributed by atoms with Crippen LogP contribution in [-0.4, -0.2) is 59.1 Å². The largest absolute Gasteiger partial charge is 0.490 e. The first-order valence-electron chi connectivity index (χ1n) is 8.43. The van der Waals surface area contributed by atoms with Gasteiger partial charge in [0.25, 0.3) is 0 Å². The van der Waals surface area contributed by atoms with Gasteiger partial charge in [-0.3, -0.25) is 4.90 Å². The van der Waals surface area contributed by atoms with E-state index in [1.54, 1.807) is 0 Å². The van der Waals surface area contributed by atoms with Crippen LogP contribution >= 0.6 is 0 Å². The van der Waals surface area contributed by atoms with Crippen molar-refractivity contribution < 1.29 is 14.6 Å². The molecule has 0 spiro atoms. The normalized spacial score (nSPS) is 26.9. The van der Waals surface area contributed by atoms with Crippen LogP contribution in [0.4, 0.5) is 0 Å². The third kappa shape index (κ3) is 2.84. The van der Waals surface area contributed by atoms with Crippen molar-refractivity contribution in [2.75, 3.05) is 26.3 Å². The Kier molecular flexibility index (Phi) is 4.01. The van der Waals surface area contributed by atoms with Crippen molar-refractivity contribution in [3.63, 3.8) is 0 Å². The summed E-state index contributed by atoms with van der Waals surface area (Å²) in [7, 11) is 2.06. The molecule has 3 heterocycles. The van der Waals surface area contributed by atoms with Crippen LogP contribution in [0.1, 0.15) is 12.8 Å². The van der Waals surface area contributed by atoms with Gasteiger partial charge in [0, 0.05) is 31.7 Å². The third-order valence-corrected chi connectivity index (χ3v) is 5.15. The highest BCUT2D eigenvalue weighted by Crippen LogP contribution is 2.29. The molecule has 1 N–H and O–H groups in total. The molecular formula is C18H24N2O3. The molecule has 0 amide bonds. The van der Waals surface area contributed by atoms with E-state index in [0.717, 1.165) is 31.7 Å². The van der Waals surface area contributed by atoms with E-state index in [-0.39, 0.29) is 18.2 Å². The predicted molar refractivity (Wildman–Crippen MR) is 88.8 cm³/mol. The summed E-state index contributed by atoms with van der Waals surface area (Å²) < 4.78 is 13.8. The minimum absolute atomic E-state index is 0.161. The Bertz CT molecular complexity index is 676. The summed E-state index contributed by atoms with van der Waals surface area (Å²) in [5.74, 6) is 0.978. The van der Waals surface area contributed by atoms with Crippen LogP contribution in [0.25, 0.3) is 10.9 Å². The standard InChI is InChI=1S/C18H24N2O3/c1-19-8-7-14-15(19)3-2-4-18(14)23-13-5-9-20(10-6-13)16-11-22-12-17(16)21/h2-4,7-8,13,16-17,21H,5-6,9-12H2,1H3. The Hall–Kier alpha value is -1.56. The Morgan fingerprint density at radius 3 is 2.74 bits per heavy atom. The van der Waals surface area contributed by atoms with Crippen LogP contribution in [0.2, 0.25) is 0 Å². The average Bonchev–Trinajstić information content (AvgIpc) is 3.16. The Balaban J connectivity index is 1.41. The molecule has 0 bridgehead atoms. The summed E-state index contributed by atoms with van der Waals surface area (Å²) in [6, 6.07) is 8.51. The van der Waals surface area contributed by atoms with E-state index in [1.807, 2.05) is 0 Å². The molecule has 0 radical (unpaired) electrons. The Morgan fingerprint density at radius 1 is 1.17 bits per heavy atom. The molecular weight excluding hydrogens is 292 g/mol. The summed E-state index contributed by atoms with van der Waals surface area (Å²) in [6.07, 6.45) is 3.96. The van der Waals surface area contributed by atoms with Crippen LogP contribution in [-0.2, 0) is 11.8 Å². The van der Waals surface area contributed by atoms with Gasteiger partial charge in [-0.1, -0.05) is 6.07 Å². The summed E-state index contributed by atoms with van der Waals surface area (Å²) in [4.78, 5) is 2.35. The Morgan fingerprint density at radius 2 is 2.00 bits per heavy atom. The topological polar surface area (TPSA) is 46.9 Å². The number of aromatic nitrogens is 1. The maximum atomic E-state index is 9.96. The minimum atomic E-state index is -0.342. The first-order valence-corrected chi connectivity index (χ1v) is 8.43. The van der Waals surface area contributed by atoms with Crippen molar-refractivity contribution in [2.45, 2.75) is 31.1 Å². The fraction of sp³-hybridized carbons (Fsp3) is 0.556. The van der Waals surface area contributed by atoms with E-state index >= 15 is 0 Å². The third-order valence-electron chi connectivity index (χ3n) is 5.15. The zero-order chi connectivity index (χ0) is 15.8. The van der Waals surface area contributed by atoms with Crippen molar-refractivity contribution in [2.24, 2.45) is 7.05 Å². The number of rotatable bonds is 3. The molecule has 0 aliphatic carbocycles. The second-order valence-electron chi connectivity index (χ2n) is 6.64. The lowest BCUT2D eigenvalue weighted by molar-refractivity contribution is 0.0366. The molecule has 5 heteroatoms. The first-order chi connectivity index (χ1) is 11.2. The monoisotopic (exact) mass is 316 g/mol. The van der Waals surface area contributed by atoms with Crippen LogP contribution < -0.4 is 4.74 Å². The number of aryl methyl sites for hydroxylation is 1. The maximum Gasteiger partial charge on any atom is 0.129 e. The molecule has 23 heavy (non-hydrogen) atoms. The molecule has 1 aromatic heterocycles. The van der Waals surface area contributed by atoms with E-state index in [0.29, 0.717) is 13.2 Å². The molecule has 2 fully saturated rings. The highest BCUT2D eigenvalue weighted by atomic mass is 16.5. The highest BCUT2D eigenvalue weighted by Gasteiger charge is 2.34. The Labute approximate surface area is 136 Å². The number of nitrogens with zero attached hydrogens (tertiary/aromatic N) is 2. The molecule has 2 saturated heterocycles. The van der Waals surface area contributed by atoms with Crippen LogP contribution in [0.3, 0.4) is 0 Å². The zero-order valence-electron chi connectivity index (χ0n) is 13.5. The van der Waals surface area contributed by atoms with Crippen molar-refractivity contribution in [1.29, 1.82) is 0 Å². The molecule has 2 atom stereocenters. The van der Waals surface area contributed by atoms with E-state index in [4.69, 9.17) is 9.47 Å². The molecule has 2 aliphatic heterocycles. The number of hydrogen-bond acceptors (Lipinski definition) is 4. The number of piperidine rings is 1. The van der Waals surface area contributed by atoms with Crippen LogP contribution in [0.15, 0.2) is 30.5 Å². The van der Waals surface area contributed by atoms with Gasteiger partial charge in [0.15, 0.2) is 0 Å². The average molecular weight is 316 g/mol. The first kappa shape index (κ1) is 15.0. The van der Waals surface area contributed by atoms with Crippen molar-refractivity contribution in [3.05, 3.63) is 30.5 Å². The number of likely N-dealkylation sites (tertiary alicyclic amines) is 1. The van der Waals surface area contributed by atoms with Gasteiger partial charge >= 0.3 is 0 Å². The number of fused-ring (bicyclic) bond motifs is 1. The summed E-state index contributed by atoms with van der Waals surface area (Å²) in [6.45, 7) is 3.04. The van der Waals surface area contributed by atoms with Crippen molar-refractivity contribution >= 4 is 10.9 Å². The summed E-state index contributed by atoms with van der Waals surface area (Å²) in [5, 5.41) is 11.1. The van der Waals surface area contributed by atoms with E-state index in [9.17, 15) is 5.11 Å². The number of hydrogen-bond donors (Lipinski definition) is 1. The molecule has 2 aromatic rings. The van der Waals surface area contributed by atoms with Gasteiger partial charge in [-0.2, -0.15) is 0 Å². The number of aliphatic hydroxyl groups is 1. The number of aliphatic hydroxyl groups excluding tert-OH is 1. The van der Waals surface area contributed by atoms with Gasteiger partial charge in [0.2, 0.25) is 0 Å². The zero-order valence-corrected chi connectivity index (χ0v) is 13.5. The molecule has 1 aromatic carbocycles. The molecule has 4 rings (SSSR count). The fourth-order valence-electron chi connectivity index (χ4n) is 3.76. The second kappa shape index (κ2) is 6.15. The quantitative estimate of drug-likeness (QED) is 0.938. The van der Waals surface area contributed by atoms with Crippen LogP contribution in [0.5, 0.6) is 5.75 Å². The van der Waals surface area contributed by atoms with E-state index in [2.05, 4.69) is 47.0 Å². The summed E-state index contributed by atoms with van der Waals surface area (Å²) in [5.41, 5.74) is 1.20.